The number of rotatable bonds is 6. The zero-order valence-electron chi connectivity index (χ0n) is 11.3. The summed E-state index contributed by atoms with van der Waals surface area (Å²) < 4.78 is 5.10. The van der Waals surface area contributed by atoms with Gasteiger partial charge in [-0.15, -0.1) is 0 Å². The van der Waals surface area contributed by atoms with Gasteiger partial charge in [-0.05, 0) is 18.1 Å². The molecule has 3 N–H and O–H groups in total. The van der Waals surface area contributed by atoms with Gasteiger partial charge in [-0.3, -0.25) is 4.79 Å². The summed E-state index contributed by atoms with van der Waals surface area (Å²) in [5.41, 5.74) is 6.97. The van der Waals surface area contributed by atoms with E-state index < -0.39 is 0 Å². The Balaban J connectivity index is 2.63. The molecule has 0 saturated heterocycles. The van der Waals surface area contributed by atoms with Crippen LogP contribution in [0.15, 0.2) is 18.2 Å². The largest absolute Gasteiger partial charge is 0.497 e. The number of nitrogens with one attached hydrogen (secondary N) is 1. The number of ether oxygens (including phenoxy) is 1. The number of hydrogen-bond donors (Lipinski definition) is 2. The van der Waals surface area contributed by atoms with E-state index in [0.717, 1.165) is 12.8 Å². The summed E-state index contributed by atoms with van der Waals surface area (Å²) in [7, 11) is 1.58. The van der Waals surface area contributed by atoms with Crippen molar-refractivity contribution in [2.75, 3.05) is 18.2 Å². The second-order valence-corrected chi connectivity index (χ2v) is 4.60. The molecule has 18 heavy (non-hydrogen) atoms. The van der Waals surface area contributed by atoms with Gasteiger partial charge in [0.2, 0.25) is 5.91 Å². The van der Waals surface area contributed by atoms with Crippen molar-refractivity contribution in [2.24, 2.45) is 5.92 Å². The van der Waals surface area contributed by atoms with Gasteiger partial charge in [-0.25, -0.2) is 0 Å². The average Bonchev–Trinajstić information content (AvgIpc) is 2.32. The number of carbonyl (C=O) groups is 1. The lowest BCUT2D eigenvalue weighted by Crippen LogP contribution is -2.16. The second kappa shape index (κ2) is 6.89. The predicted octanol–water partition coefficient (Wildman–Crippen LogP) is 3.04. The van der Waals surface area contributed by atoms with E-state index in [0.29, 0.717) is 29.5 Å². The van der Waals surface area contributed by atoms with Crippen LogP contribution in [-0.4, -0.2) is 13.0 Å². The van der Waals surface area contributed by atoms with Gasteiger partial charge in [0.25, 0.3) is 0 Å². The van der Waals surface area contributed by atoms with Gasteiger partial charge in [0.05, 0.1) is 18.5 Å². The van der Waals surface area contributed by atoms with Crippen LogP contribution in [0.25, 0.3) is 0 Å². The van der Waals surface area contributed by atoms with Crippen LogP contribution in [0.1, 0.15) is 33.1 Å². The molecule has 0 spiro atoms. The van der Waals surface area contributed by atoms with Gasteiger partial charge in [0, 0.05) is 12.5 Å². The third kappa shape index (κ3) is 4.28. The quantitative estimate of drug-likeness (QED) is 0.763. The molecular formula is C14H22N2O2. The van der Waals surface area contributed by atoms with Gasteiger partial charge in [-0.2, -0.15) is 0 Å². The topological polar surface area (TPSA) is 64.3 Å². The van der Waals surface area contributed by atoms with E-state index in [-0.39, 0.29) is 5.91 Å². The summed E-state index contributed by atoms with van der Waals surface area (Å²) >= 11 is 0. The molecule has 1 aromatic rings. The van der Waals surface area contributed by atoms with E-state index >= 15 is 0 Å². The minimum atomic E-state index is -0.00379. The van der Waals surface area contributed by atoms with Crippen molar-refractivity contribution >= 4 is 17.3 Å². The molecule has 4 heteroatoms. The van der Waals surface area contributed by atoms with E-state index in [4.69, 9.17) is 10.5 Å². The molecule has 1 amide bonds. The van der Waals surface area contributed by atoms with Crippen molar-refractivity contribution in [1.82, 2.24) is 0 Å². The number of amides is 1. The minimum Gasteiger partial charge on any atom is -0.497 e. The van der Waals surface area contributed by atoms with Crippen molar-refractivity contribution < 1.29 is 9.53 Å². The molecule has 100 valence electrons. The highest BCUT2D eigenvalue weighted by atomic mass is 16.5. The molecule has 0 aliphatic heterocycles. The summed E-state index contributed by atoms with van der Waals surface area (Å²) in [6.07, 6.45) is 2.67. The van der Waals surface area contributed by atoms with Crippen LogP contribution in [0.5, 0.6) is 5.75 Å². The van der Waals surface area contributed by atoms with E-state index in [1.807, 2.05) is 0 Å². The van der Waals surface area contributed by atoms with Crippen LogP contribution >= 0.6 is 0 Å². The van der Waals surface area contributed by atoms with Crippen molar-refractivity contribution in [3.63, 3.8) is 0 Å². The van der Waals surface area contributed by atoms with E-state index in [1.54, 1.807) is 25.3 Å². The monoisotopic (exact) mass is 250 g/mol. The number of methoxy groups -OCH3 is 1. The van der Waals surface area contributed by atoms with E-state index in [1.165, 1.54) is 0 Å². The first-order chi connectivity index (χ1) is 8.56. The second-order valence-electron chi connectivity index (χ2n) is 4.60. The summed E-state index contributed by atoms with van der Waals surface area (Å²) in [6, 6.07) is 5.23. The Morgan fingerprint density at radius 3 is 2.83 bits per heavy atom. The Morgan fingerprint density at radius 2 is 2.22 bits per heavy atom. The number of nitrogen functional groups attached to an aromatic ring is 1. The van der Waals surface area contributed by atoms with Gasteiger partial charge in [0.1, 0.15) is 5.75 Å². The molecule has 0 aromatic heterocycles. The van der Waals surface area contributed by atoms with Crippen LogP contribution < -0.4 is 15.8 Å². The first kappa shape index (κ1) is 14.4. The number of anilines is 2. The van der Waals surface area contributed by atoms with Gasteiger partial charge >= 0.3 is 0 Å². The molecule has 0 aliphatic carbocycles. The van der Waals surface area contributed by atoms with Crippen molar-refractivity contribution in [3.8, 4) is 5.75 Å². The molecule has 0 aliphatic rings. The molecule has 1 aromatic carbocycles. The fraction of sp³-hybridized carbons (Fsp3) is 0.500. The third-order valence-corrected chi connectivity index (χ3v) is 2.85. The zero-order valence-corrected chi connectivity index (χ0v) is 11.3. The van der Waals surface area contributed by atoms with Crippen molar-refractivity contribution in [1.29, 1.82) is 0 Å². The van der Waals surface area contributed by atoms with E-state index in [2.05, 4.69) is 19.2 Å². The number of carbonyl (C=O) groups excluding carboxylic acids is 1. The van der Waals surface area contributed by atoms with Crippen LogP contribution in [0, 0.1) is 5.92 Å². The molecule has 0 fully saturated rings. The minimum absolute atomic E-state index is 0.00379. The molecule has 0 radical (unpaired) electrons. The predicted molar refractivity (Wildman–Crippen MR) is 74.7 cm³/mol. The molecule has 1 rings (SSSR count). The summed E-state index contributed by atoms with van der Waals surface area (Å²) in [6.45, 7) is 4.20. The smallest absolute Gasteiger partial charge is 0.224 e. The van der Waals surface area contributed by atoms with Crippen molar-refractivity contribution in [3.05, 3.63) is 18.2 Å². The lowest BCUT2D eigenvalue weighted by Gasteiger charge is -2.12. The van der Waals surface area contributed by atoms with Crippen LogP contribution in [-0.2, 0) is 4.79 Å². The molecular weight excluding hydrogens is 228 g/mol. The maximum absolute atomic E-state index is 11.8. The molecule has 4 nitrogen and oxygen atoms in total. The normalized spacial score (nSPS) is 11.9. The SMILES string of the molecule is CCCC(C)CC(=O)Nc1cc(OC)ccc1N. The van der Waals surface area contributed by atoms with Gasteiger partial charge < -0.3 is 15.8 Å². The Bertz CT molecular complexity index is 405. The van der Waals surface area contributed by atoms with Crippen molar-refractivity contribution in [2.45, 2.75) is 33.1 Å². The number of benzene rings is 1. The highest BCUT2D eigenvalue weighted by Crippen LogP contribution is 2.24. The summed E-state index contributed by atoms with van der Waals surface area (Å²) in [4.78, 5) is 11.8. The maximum Gasteiger partial charge on any atom is 0.224 e. The van der Waals surface area contributed by atoms with Crippen LogP contribution in [0.3, 0.4) is 0 Å². The maximum atomic E-state index is 11.8. The average molecular weight is 250 g/mol. The molecule has 1 unspecified atom stereocenters. The standard InChI is InChI=1S/C14H22N2O2/c1-4-5-10(2)8-14(17)16-13-9-11(18-3)6-7-12(13)15/h6-7,9-10H,4-5,8,15H2,1-3H3,(H,16,17). The third-order valence-electron chi connectivity index (χ3n) is 2.85. The molecule has 0 saturated carbocycles. The fourth-order valence-electron chi connectivity index (χ4n) is 1.88. The Hall–Kier alpha value is -1.71. The van der Waals surface area contributed by atoms with E-state index in [9.17, 15) is 4.79 Å². The van der Waals surface area contributed by atoms with Crippen LogP contribution in [0.4, 0.5) is 11.4 Å². The molecule has 0 heterocycles. The highest BCUT2D eigenvalue weighted by Gasteiger charge is 2.10. The Labute approximate surface area is 109 Å². The fourth-order valence-corrected chi connectivity index (χ4v) is 1.88. The highest BCUT2D eigenvalue weighted by molar-refractivity contribution is 5.94. The van der Waals surface area contributed by atoms with Crippen LogP contribution in [0.2, 0.25) is 0 Å². The van der Waals surface area contributed by atoms with Gasteiger partial charge in [-0.1, -0.05) is 26.7 Å². The first-order valence-electron chi connectivity index (χ1n) is 6.30. The lowest BCUT2D eigenvalue weighted by molar-refractivity contribution is -0.117. The first-order valence-corrected chi connectivity index (χ1v) is 6.30. The lowest BCUT2D eigenvalue weighted by atomic mass is 10.0. The van der Waals surface area contributed by atoms with Gasteiger partial charge in [0.15, 0.2) is 0 Å². The zero-order chi connectivity index (χ0) is 13.5. The number of hydrogen-bond acceptors (Lipinski definition) is 3. The Morgan fingerprint density at radius 1 is 1.50 bits per heavy atom. The molecule has 0 bridgehead atoms. The Kier molecular flexibility index (Phi) is 5.49. The summed E-state index contributed by atoms with van der Waals surface area (Å²) in [5.74, 6) is 1.07. The summed E-state index contributed by atoms with van der Waals surface area (Å²) in [5, 5.41) is 2.83. The number of nitrogens with two attached hydrogens (primary N) is 1. The molecule has 1 atom stereocenters.